The van der Waals surface area contributed by atoms with Crippen LogP contribution in [0.3, 0.4) is 0 Å². The molecule has 0 atom stereocenters. The van der Waals surface area contributed by atoms with Crippen LogP contribution in [0.1, 0.15) is 27.8 Å². The zero-order valence-electron chi connectivity index (χ0n) is 25.6. The van der Waals surface area contributed by atoms with E-state index in [0.717, 1.165) is 12.1 Å². The first kappa shape index (κ1) is 27.7. The molecule has 0 radical (unpaired) electrons. The van der Waals surface area contributed by atoms with Crippen molar-refractivity contribution in [2.45, 2.75) is 12.0 Å². The van der Waals surface area contributed by atoms with Gasteiger partial charge in [-0.15, -0.1) is 0 Å². The minimum absolute atomic E-state index is 0.505. The molecule has 0 unspecified atom stereocenters. The van der Waals surface area contributed by atoms with Gasteiger partial charge in [-0.3, -0.25) is 0 Å². The van der Waals surface area contributed by atoms with E-state index < -0.39 is 5.54 Å². The van der Waals surface area contributed by atoms with E-state index in [4.69, 9.17) is 5.73 Å². The Hall–Kier alpha value is -5.86. The highest BCUT2D eigenvalue weighted by atomic mass is 15.2. The summed E-state index contributed by atoms with van der Waals surface area (Å²) in [5, 5.41) is 0. The maximum atomic E-state index is 5.77. The van der Waals surface area contributed by atoms with E-state index in [1.165, 1.54) is 61.4 Å². The lowest BCUT2D eigenvalue weighted by Gasteiger charge is -2.51. The topological polar surface area (TPSA) is 29.3 Å². The molecule has 0 aromatic heterocycles. The highest BCUT2D eigenvalue weighted by Crippen LogP contribution is 2.56. The molecule has 9 rings (SSSR count). The Morgan fingerprint density at radius 1 is 0.435 bits per heavy atom. The van der Waals surface area contributed by atoms with Gasteiger partial charge in [0.15, 0.2) is 0 Å². The van der Waals surface area contributed by atoms with Gasteiger partial charge >= 0.3 is 0 Å². The molecule has 0 fully saturated rings. The average molecular weight is 591 g/mol. The van der Waals surface area contributed by atoms with E-state index in [9.17, 15) is 0 Å². The van der Waals surface area contributed by atoms with Crippen LogP contribution in [0.5, 0.6) is 0 Å². The van der Waals surface area contributed by atoms with Crippen LogP contribution >= 0.6 is 0 Å². The number of fused-ring (bicyclic) bond motifs is 6. The molecule has 1 aliphatic heterocycles. The Morgan fingerprint density at radius 2 is 0.957 bits per heavy atom. The summed E-state index contributed by atoms with van der Waals surface area (Å²) in [6.45, 7) is 0. The largest absolute Gasteiger partial charge is 0.399 e. The number of benzene rings is 7. The Balaban J connectivity index is 0.000000185. The third-order valence-electron chi connectivity index (χ3n) is 9.30. The standard InChI is InChI=1S/C31H23N.C13H11N/c1-4-14-24(15-5-1)31(25-16-6-2-7-17-25)29-22-12-10-20-27(29)28-21-11-13-23-30(28)32(31)26-18-8-3-9-19-26;14-11-5-6-13-10(8-11)7-9-3-1-2-4-12(9)13/h1-23H;1-6,8H,7,14H2. The van der Waals surface area contributed by atoms with Crippen molar-refractivity contribution < 1.29 is 0 Å². The van der Waals surface area contributed by atoms with Gasteiger partial charge in [-0.1, -0.05) is 152 Å². The normalized spacial score (nSPS) is 13.3. The van der Waals surface area contributed by atoms with Gasteiger partial charge in [0.1, 0.15) is 5.54 Å². The monoisotopic (exact) mass is 590 g/mol. The minimum atomic E-state index is -0.505. The lowest BCUT2D eigenvalue weighted by atomic mass is 9.70. The van der Waals surface area contributed by atoms with E-state index in [0.29, 0.717) is 0 Å². The summed E-state index contributed by atoms with van der Waals surface area (Å²) in [5.41, 5.74) is 20.3. The van der Waals surface area contributed by atoms with Crippen LogP contribution in [0.15, 0.2) is 182 Å². The van der Waals surface area contributed by atoms with Crippen LogP contribution in [0.4, 0.5) is 17.1 Å². The second kappa shape index (κ2) is 11.6. The molecule has 0 bridgehead atoms. The van der Waals surface area contributed by atoms with Crippen molar-refractivity contribution in [2.24, 2.45) is 0 Å². The van der Waals surface area contributed by atoms with E-state index in [1.54, 1.807) is 0 Å². The predicted molar refractivity (Wildman–Crippen MR) is 192 cm³/mol. The molecule has 2 heteroatoms. The number of rotatable bonds is 3. The summed E-state index contributed by atoms with van der Waals surface area (Å²) in [5.74, 6) is 0. The van der Waals surface area contributed by atoms with Gasteiger partial charge in [0.05, 0.1) is 5.69 Å². The molecular formula is C44H34N2. The van der Waals surface area contributed by atoms with E-state index in [-0.39, 0.29) is 0 Å². The third-order valence-corrected chi connectivity index (χ3v) is 9.30. The van der Waals surface area contributed by atoms with Crippen molar-refractivity contribution in [3.63, 3.8) is 0 Å². The fourth-order valence-corrected chi connectivity index (χ4v) is 7.40. The fraction of sp³-hybridized carbons (Fsp3) is 0.0455. The van der Waals surface area contributed by atoms with Gasteiger partial charge in [0, 0.05) is 16.9 Å². The molecule has 0 amide bonds. The van der Waals surface area contributed by atoms with Gasteiger partial charge in [0.2, 0.25) is 0 Å². The lowest BCUT2D eigenvalue weighted by Crippen LogP contribution is -2.48. The second-order valence-electron chi connectivity index (χ2n) is 11.9. The van der Waals surface area contributed by atoms with Crippen molar-refractivity contribution in [3.05, 3.63) is 210 Å². The second-order valence-corrected chi connectivity index (χ2v) is 11.9. The van der Waals surface area contributed by atoms with Crippen molar-refractivity contribution >= 4 is 17.1 Å². The zero-order valence-corrected chi connectivity index (χ0v) is 25.6. The summed E-state index contributed by atoms with van der Waals surface area (Å²) in [6.07, 6.45) is 1.02. The maximum Gasteiger partial charge on any atom is 0.121 e. The first-order valence-corrected chi connectivity index (χ1v) is 15.9. The molecule has 0 saturated heterocycles. The summed E-state index contributed by atoms with van der Waals surface area (Å²) < 4.78 is 0. The highest BCUT2D eigenvalue weighted by molar-refractivity contribution is 5.92. The maximum absolute atomic E-state index is 5.77. The van der Waals surface area contributed by atoms with E-state index in [1.807, 2.05) is 6.07 Å². The smallest absolute Gasteiger partial charge is 0.121 e. The summed E-state index contributed by atoms with van der Waals surface area (Å²) in [6, 6.07) is 64.9. The SMILES string of the molecule is Nc1ccc2c(c1)Cc1ccccc1-2.c1ccc(N2c3ccccc3-c3ccccc3C2(c2ccccc2)c2ccccc2)cc1. The van der Waals surface area contributed by atoms with Crippen LogP contribution < -0.4 is 10.6 Å². The van der Waals surface area contributed by atoms with E-state index >= 15 is 0 Å². The van der Waals surface area contributed by atoms with Crippen LogP contribution in [-0.4, -0.2) is 0 Å². The highest BCUT2D eigenvalue weighted by Gasteiger charge is 2.48. The Morgan fingerprint density at radius 3 is 1.65 bits per heavy atom. The van der Waals surface area contributed by atoms with E-state index in [2.05, 4.69) is 181 Å². The van der Waals surface area contributed by atoms with Crippen molar-refractivity contribution in [1.29, 1.82) is 0 Å². The van der Waals surface area contributed by atoms with Gasteiger partial charge in [-0.2, -0.15) is 0 Å². The van der Waals surface area contributed by atoms with Crippen molar-refractivity contribution in [2.75, 3.05) is 10.6 Å². The lowest BCUT2D eigenvalue weighted by molar-refractivity contribution is 0.622. The zero-order chi connectivity index (χ0) is 30.9. The molecule has 46 heavy (non-hydrogen) atoms. The number of nitrogen functional groups attached to an aromatic ring is 1. The molecule has 2 N–H and O–H groups in total. The fourth-order valence-electron chi connectivity index (χ4n) is 7.40. The van der Waals surface area contributed by atoms with Crippen LogP contribution in [0.25, 0.3) is 22.3 Å². The van der Waals surface area contributed by atoms with Crippen LogP contribution in [-0.2, 0) is 12.0 Å². The molecule has 2 aliphatic rings. The molecule has 220 valence electrons. The number of nitrogens with zero attached hydrogens (tertiary/aromatic N) is 1. The van der Waals surface area contributed by atoms with Gasteiger partial charge < -0.3 is 10.6 Å². The first-order chi connectivity index (χ1) is 22.7. The number of para-hydroxylation sites is 2. The molecule has 7 aromatic carbocycles. The molecule has 0 saturated carbocycles. The molecule has 0 spiro atoms. The first-order valence-electron chi connectivity index (χ1n) is 15.9. The van der Waals surface area contributed by atoms with Crippen LogP contribution in [0, 0.1) is 0 Å². The van der Waals surface area contributed by atoms with Crippen molar-refractivity contribution in [3.8, 4) is 22.3 Å². The number of nitrogens with two attached hydrogens (primary N) is 1. The molecule has 1 aliphatic carbocycles. The third kappa shape index (κ3) is 4.50. The summed E-state index contributed by atoms with van der Waals surface area (Å²) in [4.78, 5) is 2.52. The van der Waals surface area contributed by atoms with Gasteiger partial charge in [-0.05, 0) is 81.3 Å². The molecule has 2 nitrogen and oxygen atoms in total. The Kier molecular flexibility index (Phi) is 6.96. The number of hydrogen-bond acceptors (Lipinski definition) is 2. The number of anilines is 3. The predicted octanol–water partition coefficient (Wildman–Crippen LogP) is 10.6. The van der Waals surface area contributed by atoms with Crippen molar-refractivity contribution in [1.82, 2.24) is 0 Å². The summed E-state index contributed by atoms with van der Waals surface area (Å²) in [7, 11) is 0. The van der Waals surface area contributed by atoms with Gasteiger partial charge in [0.25, 0.3) is 0 Å². The van der Waals surface area contributed by atoms with Crippen LogP contribution in [0.2, 0.25) is 0 Å². The quantitative estimate of drug-likeness (QED) is 0.207. The Bertz CT molecular complexity index is 2100. The minimum Gasteiger partial charge on any atom is -0.399 e. The summed E-state index contributed by atoms with van der Waals surface area (Å²) >= 11 is 0. The average Bonchev–Trinajstić information content (AvgIpc) is 3.50. The molecule has 1 heterocycles. The molecule has 7 aromatic rings. The number of hydrogen-bond donors (Lipinski definition) is 1. The van der Waals surface area contributed by atoms with Gasteiger partial charge in [-0.25, -0.2) is 0 Å². The molecular weight excluding hydrogens is 556 g/mol. The Labute approximate surface area is 271 Å².